The molecule has 84 valence electrons. The molecular weight excluding hydrogens is 224 g/mol. The largest absolute Gasteiger partial charge is 0.398 e. The number of hydrogen-bond donors (Lipinski definition) is 1. The summed E-state index contributed by atoms with van der Waals surface area (Å²) in [6, 6.07) is 7.84. The molecule has 0 unspecified atom stereocenters. The number of benzene rings is 2. The minimum Gasteiger partial charge on any atom is -0.398 e. The Morgan fingerprint density at radius 1 is 1.19 bits per heavy atom. The van der Waals surface area contributed by atoms with Gasteiger partial charge in [0.2, 0.25) is 0 Å². The summed E-state index contributed by atoms with van der Waals surface area (Å²) in [5.41, 5.74) is 6.35. The van der Waals surface area contributed by atoms with Gasteiger partial charge in [-0.3, -0.25) is 0 Å². The zero-order chi connectivity index (χ0) is 11.9. The summed E-state index contributed by atoms with van der Waals surface area (Å²) >= 11 is 0. The van der Waals surface area contributed by atoms with Crippen molar-refractivity contribution in [1.29, 1.82) is 0 Å². The summed E-state index contributed by atoms with van der Waals surface area (Å²) in [6.07, 6.45) is 0. The maximum atomic E-state index is 13.1. The maximum Gasteiger partial charge on any atom is 0.123 e. The molecule has 0 heterocycles. The van der Waals surface area contributed by atoms with Crippen LogP contribution < -0.4 is 11.0 Å². The zero-order valence-electron chi connectivity index (χ0n) is 9.20. The number of rotatable bonds is 1. The minimum absolute atomic E-state index is 0.301. The number of nitrogens with two attached hydrogens (primary N) is 1. The van der Waals surface area contributed by atoms with Gasteiger partial charge in [0.25, 0.3) is 0 Å². The molecule has 0 atom stereocenters. The van der Waals surface area contributed by atoms with Crippen LogP contribution in [0.3, 0.4) is 0 Å². The first kappa shape index (κ1) is 11.2. The van der Waals surface area contributed by atoms with Crippen molar-refractivity contribution in [3.8, 4) is 0 Å². The average Bonchev–Trinajstić information content (AvgIpc) is 2.16. The van der Waals surface area contributed by atoms with E-state index < -0.39 is 7.14 Å². The Hall–Kier alpha value is -1.34. The lowest BCUT2D eigenvalue weighted by molar-refractivity contribution is 0.588. The van der Waals surface area contributed by atoms with Gasteiger partial charge < -0.3 is 10.3 Å². The van der Waals surface area contributed by atoms with Crippen molar-refractivity contribution in [3.63, 3.8) is 0 Å². The molecular formula is C12H13FNOP. The van der Waals surface area contributed by atoms with Crippen LogP contribution in [0.2, 0.25) is 0 Å². The number of hydrogen-bond acceptors (Lipinski definition) is 2. The minimum atomic E-state index is -2.46. The van der Waals surface area contributed by atoms with Crippen LogP contribution in [-0.4, -0.2) is 13.3 Å². The van der Waals surface area contributed by atoms with Crippen LogP contribution in [0.1, 0.15) is 0 Å². The first-order valence-electron chi connectivity index (χ1n) is 4.93. The summed E-state index contributed by atoms with van der Waals surface area (Å²) in [6.45, 7) is 3.34. The molecule has 2 rings (SSSR count). The van der Waals surface area contributed by atoms with E-state index in [-0.39, 0.29) is 5.82 Å². The van der Waals surface area contributed by atoms with Crippen molar-refractivity contribution in [2.75, 3.05) is 19.1 Å². The summed E-state index contributed by atoms with van der Waals surface area (Å²) in [7, 11) is -2.46. The first-order valence-corrected chi connectivity index (χ1v) is 7.53. The third-order valence-electron chi connectivity index (χ3n) is 2.52. The molecule has 0 amide bonds. The highest BCUT2D eigenvalue weighted by Crippen LogP contribution is 2.40. The van der Waals surface area contributed by atoms with Gasteiger partial charge in [-0.15, -0.1) is 0 Å². The van der Waals surface area contributed by atoms with Crippen LogP contribution in [0.15, 0.2) is 30.3 Å². The molecule has 0 radical (unpaired) electrons. The first-order chi connectivity index (χ1) is 7.39. The molecule has 2 N–H and O–H groups in total. The van der Waals surface area contributed by atoms with Crippen LogP contribution >= 0.6 is 7.14 Å². The average molecular weight is 237 g/mol. The van der Waals surface area contributed by atoms with E-state index in [1.54, 1.807) is 31.5 Å². The Bertz CT molecular complexity index is 603. The highest BCUT2D eigenvalue weighted by atomic mass is 31.2. The molecule has 0 spiro atoms. The van der Waals surface area contributed by atoms with Crippen LogP contribution in [0.5, 0.6) is 0 Å². The van der Waals surface area contributed by atoms with E-state index in [0.29, 0.717) is 11.0 Å². The van der Waals surface area contributed by atoms with Crippen LogP contribution in [0, 0.1) is 5.82 Å². The lowest BCUT2D eigenvalue weighted by Gasteiger charge is -2.13. The van der Waals surface area contributed by atoms with Gasteiger partial charge in [0.1, 0.15) is 13.0 Å². The molecule has 0 aliphatic heterocycles. The molecule has 2 aromatic carbocycles. The van der Waals surface area contributed by atoms with Gasteiger partial charge in [0.05, 0.1) is 0 Å². The van der Waals surface area contributed by atoms with Gasteiger partial charge >= 0.3 is 0 Å². The second-order valence-corrected chi connectivity index (χ2v) is 7.37. The molecule has 0 bridgehead atoms. The summed E-state index contributed by atoms with van der Waals surface area (Å²) in [5.74, 6) is -0.301. The molecule has 0 aliphatic carbocycles. The molecule has 0 saturated carbocycles. The van der Waals surface area contributed by atoms with E-state index >= 15 is 0 Å². The highest BCUT2D eigenvalue weighted by Gasteiger charge is 2.18. The predicted octanol–water partition coefficient (Wildman–Crippen LogP) is 2.81. The SMILES string of the molecule is CP(C)(=O)c1c(N)ccc2cc(F)ccc12. The van der Waals surface area contributed by atoms with Crippen LogP contribution in [0.25, 0.3) is 10.8 Å². The van der Waals surface area contributed by atoms with E-state index in [9.17, 15) is 8.96 Å². The number of anilines is 1. The van der Waals surface area contributed by atoms with E-state index in [0.717, 1.165) is 10.8 Å². The third-order valence-corrected chi connectivity index (χ3v) is 4.10. The van der Waals surface area contributed by atoms with Gasteiger partial charge in [-0.2, -0.15) is 0 Å². The zero-order valence-corrected chi connectivity index (χ0v) is 10.1. The van der Waals surface area contributed by atoms with E-state index in [2.05, 4.69) is 0 Å². The molecule has 0 saturated heterocycles. The standard InChI is InChI=1S/C12H13FNOP/c1-16(2,15)12-10-5-4-9(13)7-8(10)3-6-11(12)14/h3-7H,14H2,1-2H3. The number of fused-ring (bicyclic) bond motifs is 1. The van der Waals surface area contributed by atoms with Gasteiger partial charge in [0.15, 0.2) is 0 Å². The molecule has 0 aliphatic rings. The molecule has 16 heavy (non-hydrogen) atoms. The number of halogens is 1. The molecule has 0 aromatic heterocycles. The van der Waals surface area contributed by atoms with Crippen molar-refractivity contribution in [3.05, 3.63) is 36.1 Å². The second-order valence-electron chi connectivity index (χ2n) is 4.22. The summed E-state index contributed by atoms with van der Waals surface area (Å²) in [4.78, 5) is 0. The summed E-state index contributed by atoms with van der Waals surface area (Å²) < 4.78 is 25.2. The highest BCUT2D eigenvalue weighted by molar-refractivity contribution is 7.71. The Kier molecular flexibility index (Phi) is 2.51. The second kappa shape index (κ2) is 3.60. The van der Waals surface area contributed by atoms with Crippen LogP contribution in [-0.2, 0) is 4.57 Å². The van der Waals surface area contributed by atoms with E-state index in [1.807, 2.05) is 0 Å². The lowest BCUT2D eigenvalue weighted by atomic mass is 10.1. The predicted molar refractivity (Wildman–Crippen MR) is 67.4 cm³/mol. The van der Waals surface area contributed by atoms with Crippen molar-refractivity contribution in [1.82, 2.24) is 0 Å². The van der Waals surface area contributed by atoms with Crippen LogP contribution in [0.4, 0.5) is 10.1 Å². The fourth-order valence-electron chi connectivity index (χ4n) is 1.90. The van der Waals surface area contributed by atoms with Gasteiger partial charge in [-0.05, 0) is 42.3 Å². The Balaban J connectivity index is 2.91. The quantitative estimate of drug-likeness (QED) is 0.612. The monoisotopic (exact) mass is 237 g/mol. The Morgan fingerprint density at radius 2 is 1.88 bits per heavy atom. The van der Waals surface area contributed by atoms with E-state index in [1.165, 1.54) is 12.1 Å². The van der Waals surface area contributed by atoms with Crippen molar-refractivity contribution in [2.24, 2.45) is 0 Å². The van der Waals surface area contributed by atoms with Gasteiger partial charge in [-0.25, -0.2) is 4.39 Å². The molecule has 2 aromatic rings. The van der Waals surface area contributed by atoms with E-state index in [4.69, 9.17) is 5.73 Å². The molecule has 2 nitrogen and oxygen atoms in total. The topological polar surface area (TPSA) is 43.1 Å². The fraction of sp³-hybridized carbons (Fsp3) is 0.167. The van der Waals surface area contributed by atoms with Crippen molar-refractivity contribution >= 4 is 28.9 Å². The van der Waals surface area contributed by atoms with Gasteiger partial charge in [0, 0.05) is 11.0 Å². The normalized spacial score (nSPS) is 11.9. The molecule has 0 fully saturated rings. The maximum absolute atomic E-state index is 13.1. The lowest BCUT2D eigenvalue weighted by Crippen LogP contribution is -2.11. The summed E-state index contributed by atoms with van der Waals surface area (Å²) in [5, 5.41) is 2.15. The Labute approximate surface area is 93.6 Å². The van der Waals surface area contributed by atoms with Crippen molar-refractivity contribution < 1.29 is 8.96 Å². The smallest absolute Gasteiger partial charge is 0.123 e. The van der Waals surface area contributed by atoms with Crippen molar-refractivity contribution in [2.45, 2.75) is 0 Å². The molecule has 4 heteroatoms. The number of nitrogen functional groups attached to an aromatic ring is 1. The fourth-order valence-corrected chi connectivity index (χ4v) is 3.38. The Morgan fingerprint density at radius 3 is 2.50 bits per heavy atom. The third kappa shape index (κ3) is 1.83. The van der Waals surface area contributed by atoms with Gasteiger partial charge in [-0.1, -0.05) is 12.1 Å².